The highest BCUT2D eigenvalue weighted by molar-refractivity contribution is 5.45. The van der Waals surface area contributed by atoms with E-state index in [4.69, 9.17) is 10.5 Å². The minimum atomic E-state index is -0.380. The number of hydrogen-bond donors (Lipinski definition) is 1. The van der Waals surface area contributed by atoms with Crippen molar-refractivity contribution in [3.05, 3.63) is 53.0 Å². The van der Waals surface area contributed by atoms with Crippen molar-refractivity contribution in [2.24, 2.45) is 5.73 Å². The Balaban J connectivity index is 2.31. The maximum atomic E-state index is 12.8. The Morgan fingerprint density at radius 2 is 1.89 bits per heavy atom. The van der Waals surface area contributed by atoms with E-state index in [1.807, 2.05) is 26.0 Å². The van der Waals surface area contributed by atoms with Crippen molar-refractivity contribution in [3.8, 4) is 11.6 Å². The molecule has 1 aromatic carbocycles. The van der Waals surface area contributed by atoms with Crippen LogP contribution in [0.4, 0.5) is 4.39 Å². The first-order valence-electron chi connectivity index (χ1n) is 5.69. The molecule has 0 aliphatic carbocycles. The minimum Gasteiger partial charge on any atom is -0.438 e. The highest BCUT2D eigenvalue weighted by Crippen LogP contribution is 2.28. The molecule has 2 N–H and O–H groups in total. The molecule has 94 valence electrons. The van der Waals surface area contributed by atoms with Crippen LogP contribution in [0.5, 0.6) is 11.6 Å². The molecular weight excluding hydrogens is 231 g/mol. The van der Waals surface area contributed by atoms with Crippen molar-refractivity contribution < 1.29 is 9.13 Å². The maximum Gasteiger partial charge on any atom is 0.219 e. The summed E-state index contributed by atoms with van der Waals surface area (Å²) in [4.78, 5) is 3.88. The van der Waals surface area contributed by atoms with Crippen LogP contribution in [0.3, 0.4) is 0 Å². The molecule has 0 saturated carbocycles. The molecule has 18 heavy (non-hydrogen) atoms. The summed E-state index contributed by atoms with van der Waals surface area (Å²) in [6.07, 6.45) is 1.13. The van der Waals surface area contributed by atoms with E-state index in [0.29, 0.717) is 12.4 Å². The first kappa shape index (κ1) is 12.5. The van der Waals surface area contributed by atoms with Gasteiger partial charge in [-0.15, -0.1) is 0 Å². The Morgan fingerprint density at radius 1 is 1.22 bits per heavy atom. The first-order valence-corrected chi connectivity index (χ1v) is 5.69. The zero-order chi connectivity index (χ0) is 13.1. The molecule has 0 spiro atoms. The van der Waals surface area contributed by atoms with Crippen LogP contribution in [-0.2, 0) is 6.54 Å². The number of rotatable bonds is 3. The van der Waals surface area contributed by atoms with Gasteiger partial charge in [0.05, 0.1) is 6.20 Å². The number of nitrogens with two attached hydrogens (primary N) is 1. The topological polar surface area (TPSA) is 48.1 Å². The summed E-state index contributed by atoms with van der Waals surface area (Å²) < 4.78 is 18.4. The van der Waals surface area contributed by atoms with Gasteiger partial charge in [0, 0.05) is 12.6 Å². The van der Waals surface area contributed by atoms with E-state index in [-0.39, 0.29) is 5.82 Å². The highest BCUT2D eigenvalue weighted by Gasteiger charge is 2.08. The molecule has 0 aliphatic rings. The SMILES string of the molecule is Cc1cc(CN)cc(C)c1Oc1ccc(F)cn1. The molecule has 4 heteroatoms. The van der Waals surface area contributed by atoms with Gasteiger partial charge in [0.25, 0.3) is 0 Å². The van der Waals surface area contributed by atoms with Gasteiger partial charge < -0.3 is 10.5 Å². The number of ether oxygens (including phenoxy) is 1. The Labute approximate surface area is 105 Å². The third-order valence-electron chi connectivity index (χ3n) is 2.66. The molecular formula is C14H15FN2O. The van der Waals surface area contributed by atoms with Crippen LogP contribution in [0.1, 0.15) is 16.7 Å². The molecule has 0 unspecified atom stereocenters. The van der Waals surface area contributed by atoms with E-state index in [2.05, 4.69) is 4.98 Å². The Hall–Kier alpha value is -1.94. The fourth-order valence-electron chi connectivity index (χ4n) is 1.85. The second kappa shape index (κ2) is 5.14. The predicted molar refractivity (Wildman–Crippen MR) is 68.1 cm³/mol. The summed E-state index contributed by atoms with van der Waals surface area (Å²) in [5.74, 6) is 0.740. The van der Waals surface area contributed by atoms with Gasteiger partial charge in [-0.2, -0.15) is 0 Å². The molecule has 0 aliphatic heterocycles. The number of halogens is 1. The van der Waals surface area contributed by atoms with Crippen molar-refractivity contribution in [1.29, 1.82) is 0 Å². The van der Waals surface area contributed by atoms with Gasteiger partial charge in [0.2, 0.25) is 5.88 Å². The zero-order valence-electron chi connectivity index (χ0n) is 10.4. The maximum absolute atomic E-state index is 12.8. The van der Waals surface area contributed by atoms with Crippen molar-refractivity contribution in [2.75, 3.05) is 0 Å². The fraction of sp³-hybridized carbons (Fsp3) is 0.214. The standard InChI is InChI=1S/C14H15FN2O/c1-9-5-11(7-16)6-10(2)14(9)18-13-4-3-12(15)8-17-13/h3-6,8H,7,16H2,1-2H3. The molecule has 0 atom stereocenters. The molecule has 0 bridgehead atoms. The fourth-order valence-corrected chi connectivity index (χ4v) is 1.85. The van der Waals surface area contributed by atoms with E-state index < -0.39 is 0 Å². The van der Waals surface area contributed by atoms with E-state index in [1.54, 1.807) is 0 Å². The number of nitrogens with zero attached hydrogens (tertiary/aromatic N) is 1. The molecule has 2 rings (SSSR count). The van der Waals surface area contributed by atoms with Gasteiger partial charge >= 0.3 is 0 Å². The van der Waals surface area contributed by atoms with Crippen LogP contribution in [0, 0.1) is 19.7 Å². The zero-order valence-corrected chi connectivity index (χ0v) is 10.4. The normalized spacial score (nSPS) is 10.4. The van der Waals surface area contributed by atoms with Gasteiger partial charge in [-0.05, 0) is 36.6 Å². The smallest absolute Gasteiger partial charge is 0.219 e. The average molecular weight is 246 g/mol. The Morgan fingerprint density at radius 3 is 2.39 bits per heavy atom. The van der Waals surface area contributed by atoms with Crippen LogP contribution in [0.25, 0.3) is 0 Å². The number of benzene rings is 1. The van der Waals surface area contributed by atoms with Crippen LogP contribution >= 0.6 is 0 Å². The van der Waals surface area contributed by atoms with Gasteiger partial charge in [-0.1, -0.05) is 12.1 Å². The van der Waals surface area contributed by atoms with Crippen molar-refractivity contribution in [1.82, 2.24) is 4.98 Å². The second-order valence-corrected chi connectivity index (χ2v) is 4.18. The van der Waals surface area contributed by atoms with E-state index in [1.165, 1.54) is 12.1 Å². The van der Waals surface area contributed by atoms with Crippen LogP contribution in [0.2, 0.25) is 0 Å². The molecule has 1 heterocycles. The lowest BCUT2D eigenvalue weighted by atomic mass is 10.1. The quantitative estimate of drug-likeness (QED) is 0.905. The minimum absolute atomic E-state index is 0.378. The third kappa shape index (κ3) is 2.65. The average Bonchev–Trinajstić information content (AvgIpc) is 2.35. The van der Waals surface area contributed by atoms with Gasteiger partial charge in [0.15, 0.2) is 0 Å². The van der Waals surface area contributed by atoms with Crippen LogP contribution < -0.4 is 10.5 Å². The van der Waals surface area contributed by atoms with E-state index in [9.17, 15) is 4.39 Å². The van der Waals surface area contributed by atoms with Crippen LogP contribution in [-0.4, -0.2) is 4.98 Å². The summed E-state index contributed by atoms with van der Waals surface area (Å²) in [5.41, 5.74) is 8.65. The van der Waals surface area contributed by atoms with Gasteiger partial charge in [-0.25, -0.2) is 9.37 Å². The molecule has 0 amide bonds. The highest BCUT2D eigenvalue weighted by atomic mass is 19.1. The third-order valence-corrected chi connectivity index (χ3v) is 2.66. The van der Waals surface area contributed by atoms with Gasteiger partial charge in [-0.3, -0.25) is 0 Å². The summed E-state index contributed by atoms with van der Waals surface area (Å²) in [6.45, 7) is 4.40. The summed E-state index contributed by atoms with van der Waals surface area (Å²) in [6, 6.07) is 6.78. The number of pyridine rings is 1. The molecule has 0 radical (unpaired) electrons. The van der Waals surface area contributed by atoms with Crippen molar-refractivity contribution in [2.45, 2.75) is 20.4 Å². The molecule has 3 nitrogen and oxygen atoms in total. The number of aryl methyl sites for hydroxylation is 2. The summed E-state index contributed by atoms with van der Waals surface area (Å²) in [5, 5.41) is 0. The molecule has 1 aromatic heterocycles. The largest absolute Gasteiger partial charge is 0.438 e. The molecule has 0 saturated heterocycles. The predicted octanol–water partition coefficient (Wildman–Crippen LogP) is 3.09. The van der Waals surface area contributed by atoms with Crippen molar-refractivity contribution >= 4 is 0 Å². The van der Waals surface area contributed by atoms with Gasteiger partial charge in [0.1, 0.15) is 11.6 Å². The summed E-state index contributed by atoms with van der Waals surface area (Å²) >= 11 is 0. The second-order valence-electron chi connectivity index (χ2n) is 4.18. The lowest BCUT2D eigenvalue weighted by Crippen LogP contribution is -2.00. The van der Waals surface area contributed by atoms with Crippen LogP contribution in [0.15, 0.2) is 30.5 Å². The molecule has 2 aromatic rings. The monoisotopic (exact) mass is 246 g/mol. The lowest BCUT2D eigenvalue weighted by molar-refractivity contribution is 0.452. The number of aromatic nitrogens is 1. The van der Waals surface area contributed by atoms with Crippen molar-refractivity contribution in [3.63, 3.8) is 0 Å². The summed E-state index contributed by atoms with van der Waals surface area (Å²) in [7, 11) is 0. The van der Waals surface area contributed by atoms with E-state index >= 15 is 0 Å². The lowest BCUT2D eigenvalue weighted by Gasteiger charge is -2.12. The Bertz CT molecular complexity index is 529. The molecule has 0 fully saturated rings. The Kier molecular flexibility index (Phi) is 3.58. The van der Waals surface area contributed by atoms with E-state index in [0.717, 1.165) is 28.6 Å². The number of hydrogen-bond acceptors (Lipinski definition) is 3. The first-order chi connectivity index (χ1) is 8.60.